The Hall–Kier alpha value is -5.48. The largest absolute Gasteiger partial charge is 0.256 e. The van der Waals surface area contributed by atoms with Crippen LogP contribution in [0.4, 0.5) is 0 Å². The summed E-state index contributed by atoms with van der Waals surface area (Å²) in [5, 5.41) is 1.12. The van der Waals surface area contributed by atoms with E-state index >= 15 is 0 Å². The Bertz CT molecular complexity index is 2280. The van der Waals surface area contributed by atoms with Gasteiger partial charge in [-0.3, -0.25) is 4.98 Å². The van der Waals surface area contributed by atoms with E-state index in [4.69, 9.17) is 15.0 Å². The highest BCUT2D eigenvalue weighted by atomic mass is 15.0. The van der Waals surface area contributed by atoms with Crippen LogP contribution in [0.2, 0.25) is 0 Å². The van der Waals surface area contributed by atoms with Gasteiger partial charge in [-0.1, -0.05) is 149 Å². The lowest BCUT2D eigenvalue weighted by molar-refractivity contribution is 0.332. The molecule has 0 fully saturated rings. The van der Waals surface area contributed by atoms with Gasteiger partial charge in [-0.25, -0.2) is 15.0 Å². The van der Waals surface area contributed by atoms with Gasteiger partial charge < -0.3 is 0 Å². The molecule has 0 unspecified atom stereocenters. The summed E-state index contributed by atoms with van der Waals surface area (Å²) in [5.41, 5.74) is 11.6. The summed E-state index contributed by atoms with van der Waals surface area (Å²) in [7, 11) is 0. The van der Waals surface area contributed by atoms with Gasteiger partial charge in [-0.2, -0.15) is 0 Å². The minimum Gasteiger partial charge on any atom is -0.256 e. The lowest BCUT2D eigenvalue weighted by Crippen LogP contribution is -2.33. The van der Waals surface area contributed by atoms with Crippen LogP contribution in [-0.4, -0.2) is 19.9 Å². The summed E-state index contributed by atoms with van der Waals surface area (Å²) in [6.45, 7) is 9.50. The fraction of sp³-hybridized carbons (Fsp3) is 0.182. The van der Waals surface area contributed by atoms with E-state index in [1.165, 1.54) is 29.5 Å². The lowest BCUT2D eigenvalue weighted by Gasteiger charge is -2.42. The molecule has 0 radical (unpaired) electrons. The van der Waals surface area contributed by atoms with Crippen LogP contribution < -0.4 is 0 Å². The Morgan fingerprint density at radius 1 is 0.438 bits per heavy atom. The van der Waals surface area contributed by atoms with E-state index in [0.717, 1.165) is 44.3 Å². The van der Waals surface area contributed by atoms with Crippen molar-refractivity contribution in [2.45, 2.75) is 51.4 Å². The maximum atomic E-state index is 5.14. The maximum Gasteiger partial charge on any atom is 0.164 e. The van der Waals surface area contributed by atoms with Crippen LogP contribution in [0.15, 0.2) is 134 Å². The molecule has 4 nitrogen and oxygen atoms in total. The fourth-order valence-electron chi connectivity index (χ4n) is 7.16. The van der Waals surface area contributed by atoms with Gasteiger partial charge in [0.2, 0.25) is 0 Å². The SMILES string of the molecule is CC1(C)CCC(C)(C)c2cc(-c3ccccc3-c3nc(-c4ccccc4)nc(-c4ccc(-c5cccc6cccnc56)cc4)n3)ccc21. The minimum atomic E-state index is 0.116. The Morgan fingerprint density at radius 2 is 1.00 bits per heavy atom. The molecule has 8 rings (SSSR count). The van der Waals surface area contributed by atoms with E-state index < -0.39 is 0 Å². The van der Waals surface area contributed by atoms with Crippen LogP contribution in [0.5, 0.6) is 0 Å². The maximum absolute atomic E-state index is 5.14. The Kier molecular flexibility index (Phi) is 7.25. The van der Waals surface area contributed by atoms with Crippen LogP contribution in [0.25, 0.3) is 67.3 Å². The number of pyridine rings is 1. The molecular formula is C44H38N4. The third kappa shape index (κ3) is 5.37. The lowest BCUT2D eigenvalue weighted by atomic mass is 9.63. The number of hydrogen-bond donors (Lipinski definition) is 0. The highest BCUT2D eigenvalue weighted by Crippen LogP contribution is 2.47. The zero-order chi connectivity index (χ0) is 32.9. The van der Waals surface area contributed by atoms with Crippen LogP contribution in [0.1, 0.15) is 51.7 Å². The second-order valence-corrected chi connectivity index (χ2v) is 14.2. The van der Waals surface area contributed by atoms with Crippen molar-refractivity contribution in [3.05, 3.63) is 145 Å². The van der Waals surface area contributed by atoms with E-state index in [0.29, 0.717) is 17.5 Å². The number of nitrogens with zero attached hydrogens (tertiary/aromatic N) is 4. The number of para-hydroxylation sites is 1. The molecule has 2 heterocycles. The van der Waals surface area contributed by atoms with Crippen molar-refractivity contribution in [1.82, 2.24) is 19.9 Å². The standard InChI is InChI=1S/C44H38N4/c1-43(2)25-26-44(3,4)38-28-33(23-24-37(38)43)34-16-8-9-17-36(34)42-47-40(31-12-6-5-7-13-31)46-41(48-42)32-21-19-29(20-22-32)35-18-10-14-30-15-11-27-45-39(30)35/h5-24,27-28H,25-26H2,1-4H3. The minimum absolute atomic E-state index is 0.116. The first-order valence-electron chi connectivity index (χ1n) is 16.8. The molecule has 0 aliphatic heterocycles. The van der Waals surface area contributed by atoms with Gasteiger partial charge in [0.25, 0.3) is 0 Å². The number of fused-ring (bicyclic) bond motifs is 2. The van der Waals surface area contributed by atoms with Crippen molar-refractivity contribution in [3.8, 4) is 56.4 Å². The van der Waals surface area contributed by atoms with Crippen molar-refractivity contribution in [2.24, 2.45) is 0 Å². The molecule has 7 aromatic rings. The molecule has 0 saturated carbocycles. The Labute approximate surface area is 282 Å². The molecule has 1 aliphatic rings. The fourth-order valence-corrected chi connectivity index (χ4v) is 7.16. The molecule has 2 aromatic heterocycles. The van der Waals surface area contributed by atoms with Crippen molar-refractivity contribution in [2.75, 3.05) is 0 Å². The molecule has 4 heteroatoms. The molecule has 0 atom stereocenters. The summed E-state index contributed by atoms with van der Waals surface area (Å²) < 4.78 is 0. The van der Waals surface area contributed by atoms with Crippen LogP contribution >= 0.6 is 0 Å². The van der Waals surface area contributed by atoms with Crippen molar-refractivity contribution >= 4 is 10.9 Å². The summed E-state index contributed by atoms with van der Waals surface area (Å²) in [6.07, 6.45) is 4.21. The normalized spacial score (nSPS) is 14.8. The number of aromatic nitrogens is 4. The summed E-state index contributed by atoms with van der Waals surface area (Å²) in [4.78, 5) is 19.9. The van der Waals surface area contributed by atoms with Gasteiger partial charge in [0, 0.05) is 33.8 Å². The third-order valence-corrected chi connectivity index (χ3v) is 10.1. The number of benzene rings is 5. The highest BCUT2D eigenvalue weighted by molar-refractivity contribution is 5.93. The average molecular weight is 623 g/mol. The van der Waals surface area contributed by atoms with E-state index in [1.54, 1.807) is 0 Å². The zero-order valence-electron chi connectivity index (χ0n) is 27.9. The third-order valence-electron chi connectivity index (χ3n) is 10.1. The van der Waals surface area contributed by atoms with Crippen molar-refractivity contribution in [1.29, 1.82) is 0 Å². The monoisotopic (exact) mass is 622 g/mol. The molecular weight excluding hydrogens is 585 g/mol. The molecule has 0 N–H and O–H groups in total. The van der Waals surface area contributed by atoms with E-state index in [-0.39, 0.29) is 10.8 Å². The van der Waals surface area contributed by atoms with Crippen LogP contribution in [0, 0.1) is 0 Å². The average Bonchev–Trinajstić information content (AvgIpc) is 3.13. The summed E-state index contributed by atoms with van der Waals surface area (Å²) in [5.74, 6) is 1.96. The second-order valence-electron chi connectivity index (χ2n) is 14.2. The molecule has 234 valence electrons. The Morgan fingerprint density at radius 3 is 1.75 bits per heavy atom. The molecule has 0 amide bonds. The van der Waals surface area contributed by atoms with Gasteiger partial charge in [0.15, 0.2) is 17.5 Å². The quantitative estimate of drug-likeness (QED) is 0.192. The predicted octanol–water partition coefficient (Wildman–Crippen LogP) is 11.1. The highest BCUT2D eigenvalue weighted by Gasteiger charge is 2.37. The van der Waals surface area contributed by atoms with Gasteiger partial charge in [0.1, 0.15) is 0 Å². The summed E-state index contributed by atoms with van der Waals surface area (Å²) >= 11 is 0. The first kappa shape index (κ1) is 29.9. The smallest absolute Gasteiger partial charge is 0.164 e. The van der Waals surface area contributed by atoms with E-state index in [9.17, 15) is 0 Å². The van der Waals surface area contributed by atoms with Crippen molar-refractivity contribution < 1.29 is 0 Å². The van der Waals surface area contributed by atoms with Crippen LogP contribution in [-0.2, 0) is 10.8 Å². The first-order valence-corrected chi connectivity index (χ1v) is 16.8. The summed E-state index contributed by atoms with van der Waals surface area (Å²) in [6, 6.07) is 44.6. The molecule has 48 heavy (non-hydrogen) atoms. The van der Waals surface area contributed by atoms with Gasteiger partial charge in [-0.05, 0) is 57.6 Å². The number of hydrogen-bond acceptors (Lipinski definition) is 4. The molecule has 0 saturated heterocycles. The number of rotatable bonds is 5. The van der Waals surface area contributed by atoms with Gasteiger partial charge >= 0.3 is 0 Å². The molecule has 1 aliphatic carbocycles. The second kappa shape index (κ2) is 11.6. The van der Waals surface area contributed by atoms with E-state index in [2.05, 4.69) is 136 Å². The zero-order valence-corrected chi connectivity index (χ0v) is 27.9. The first-order chi connectivity index (χ1) is 23.3. The topological polar surface area (TPSA) is 51.6 Å². The molecule has 0 bridgehead atoms. The van der Waals surface area contributed by atoms with E-state index in [1.807, 2.05) is 30.5 Å². The van der Waals surface area contributed by atoms with Gasteiger partial charge in [-0.15, -0.1) is 0 Å². The molecule has 0 spiro atoms. The Balaban J connectivity index is 1.25. The van der Waals surface area contributed by atoms with Crippen LogP contribution in [0.3, 0.4) is 0 Å². The van der Waals surface area contributed by atoms with Crippen molar-refractivity contribution in [3.63, 3.8) is 0 Å². The van der Waals surface area contributed by atoms with Gasteiger partial charge in [0.05, 0.1) is 5.52 Å². The predicted molar refractivity (Wildman–Crippen MR) is 198 cm³/mol. The molecule has 5 aromatic carbocycles.